The van der Waals surface area contributed by atoms with Crippen LogP contribution >= 0.6 is 0 Å². The highest BCUT2D eigenvalue weighted by atomic mass is 16.5. The van der Waals surface area contributed by atoms with Crippen LogP contribution in [0.1, 0.15) is 21.6 Å². The molecule has 0 atom stereocenters. The molecular weight excluding hydrogens is 432 g/mol. The molecule has 34 heavy (non-hydrogen) atoms. The molecule has 0 unspecified atom stereocenters. The summed E-state index contributed by atoms with van der Waals surface area (Å²) in [6.07, 6.45) is 0. The van der Waals surface area contributed by atoms with E-state index < -0.39 is 0 Å². The van der Waals surface area contributed by atoms with Crippen LogP contribution < -0.4 is 14.2 Å². The van der Waals surface area contributed by atoms with E-state index in [0.717, 1.165) is 11.1 Å². The standard InChI is InChI=1S/C27H26N2O5/c1-31-22-11-7-10-20(14-22)27(30)29(17-19-8-5-4-6-9-19)18-21-15-26(34-28-21)24-13-12-23(32-2)16-25(24)33-3/h4-16H,17-18H2,1-3H3. The van der Waals surface area contributed by atoms with E-state index in [2.05, 4.69) is 5.16 Å². The molecule has 1 amide bonds. The normalized spacial score (nSPS) is 10.6. The lowest BCUT2D eigenvalue weighted by Gasteiger charge is -2.22. The topological polar surface area (TPSA) is 74.0 Å². The largest absolute Gasteiger partial charge is 0.497 e. The molecule has 4 rings (SSSR count). The molecule has 0 bridgehead atoms. The van der Waals surface area contributed by atoms with Crippen molar-refractivity contribution in [3.8, 4) is 28.6 Å². The maximum absolute atomic E-state index is 13.4. The first kappa shape index (κ1) is 22.9. The SMILES string of the molecule is COc1cccc(C(=O)N(Cc2ccccc2)Cc2cc(-c3ccc(OC)cc3OC)on2)c1. The molecule has 0 aliphatic heterocycles. The summed E-state index contributed by atoms with van der Waals surface area (Å²) in [7, 11) is 4.77. The number of hydrogen-bond acceptors (Lipinski definition) is 6. The Bertz CT molecular complexity index is 1250. The molecule has 0 N–H and O–H groups in total. The first-order valence-corrected chi connectivity index (χ1v) is 10.8. The lowest BCUT2D eigenvalue weighted by atomic mass is 10.1. The highest BCUT2D eigenvalue weighted by molar-refractivity contribution is 5.94. The van der Waals surface area contributed by atoms with E-state index in [4.69, 9.17) is 18.7 Å². The minimum Gasteiger partial charge on any atom is -0.497 e. The average Bonchev–Trinajstić information content (AvgIpc) is 3.36. The minimum absolute atomic E-state index is 0.130. The first-order chi connectivity index (χ1) is 16.6. The molecule has 4 aromatic rings. The smallest absolute Gasteiger partial charge is 0.254 e. The monoisotopic (exact) mass is 458 g/mol. The summed E-state index contributed by atoms with van der Waals surface area (Å²) in [5.74, 6) is 2.33. The van der Waals surface area contributed by atoms with Gasteiger partial charge in [0.05, 0.1) is 33.4 Å². The van der Waals surface area contributed by atoms with Crippen molar-refractivity contribution in [1.82, 2.24) is 10.1 Å². The Morgan fingerprint density at radius 2 is 1.59 bits per heavy atom. The van der Waals surface area contributed by atoms with Crippen LogP contribution in [0, 0.1) is 0 Å². The van der Waals surface area contributed by atoms with Gasteiger partial charge in [-0.15, -0.1) is 0 Å². The minimum atomic E-state index is -0.130. The third-order valence-corrected chi connectivity index (χ3v) is 5.41. The van der Waals surface area contributed by atoms with Gasteiger partial charge in [-0.3, -0.25) is 4.79 Å². The van der Waals surface area contributed by atoms with E-state index in [-0.39, 0.29) is 12.5 Å². The first-order valence-electron chi connectivity index (χ1n) is 10.8. The predicted molar refractivity (Wildman–Crippen MR) is 128 cm³/mol. The molecule has 0 saturated heterocycles. The van der Waals surface area contributed by atoms with E-state index in [9.17, 15) is 4.79 Å². The highest BCUT2D eigenvalue weighted by Gasteiger charge is 2.20. The summed E-state index contributed by atoms with van der Waals surface area (Å²) in [5.41, 5.74) is 2.92. The summed E-state index contributed by atoms with van der Waals surface area (Å²) in [5, 5.41) is 4.22. The molecule has 0 aliphatic rings. The number of nitrogens with zero attached hydrogens (tertiary/aromatic N) is 2. The zero-order valence-corrected chi connectivity index (χ0v) is 19.4. The predicted octanol–water partition coefficient (Wildman–Crippen LogP) is 5.21. The molecule has 0 fully saturated rings. The molecule has 0 aliphatic carbocycles. The number of carbonyl (C=O) groups excluding carboxylic acids is 1. The van der Waals surface area contributed by atoms with Crippen molar-refractivity contribution >= 4 is 5.91 Å². The van der Waals surface area contributed by atoms with Gasteiger partial charge < -0.3 is 23.6 Å². The highest BCUT2D eigenvalue weighted by Crippen LogP contribution is 2.34. The van der Waals surface area contributed by atoms with Crippen LogP contribution in [-0.4, -0.2) is 37.3 Å². The van der Waals surface area contributed by atoms with E-state index in [1.165, 1.54) is 0 Å². The van der Waals surface area contributed by atoms with Crippen LogP contribution in [0.5, 0.6) is 17.2 Å². The average molecular weight is 459 g/mol. The van der Waals surface area contributed by atoms with Crippen LogP contribution in [0.4, 0.5) is 0 Å². The van der Waals surface area contributed by atoms with Gasteiger partial charge in [0.1, 0.15) is 22.9 Å². The molecule has 3 aromatic carbocycles. The van der Waals surface area contributed by atoms with Crippen molar-refractivity contribution in [3.05, 3.63) is 95.7 Å². The van der Waals surface area contributed by atoms with Gasteiger partial charge in [-0.25, -0.2) is 0 Å². The zero-order chi connectivity index (χ0) is 23.9. The van der Waals surface area contributed by atoms with E-state index in [1.54, 1.807) is 50.5 Å². The van der Waals surface area contributed by atoms with Crippen LogP contribution in [0.2, 0.25) is 0 Å². The summed E-state index contributed by atoms with van der Waals surface area (Å²) >= 11 is 0. The van der Waals surface area contributed by atoms with Crippen molar-refractivity contribution in [1.29, 1.82) is 0 Å². The number of rotatable bonds is 9. The second kappa shape index (κ2) is 10.6. The quantitative estimate of drug-likeness (QED) is 0.343. The molecule has 174 valence electrons. The number of hydrogen-bond donors (Lipinski definition) is 0. The number of methoxy groups -OCH3 is 3. The number of aromatic nitrogens is 1. The zero-order valence-electron chi connectivity index (χ0n) is 19.4. The molecular formula is C27H26N2O5. The molecule has 0 spiro atoms. The number of ether oxygens (including phenoxy) is 3. The number of amides is 1. The van der Waals surface area contributed by atoms with E-state index in [1.807, 2.05) is 54.6 Å². The van der Waals surface area contributed by atoms with Gasteiger partial charge in [-0.1, -0.05) is 41.6 Å². The summed E-state index contributed by atoms with van der Waals surface area (Å²) in [6.45, 7) is 0.692. The Morgan fingerprint density at radius 3 is 2.32 bits per heavy atom. The molecule has 7 nitrogen and oxygen atoms in total. The number of benzene rings is 3. The molecule has 0 radical (unpaired) electrons. The third-order valence-electron chi connectivity index (χ3n) is 5.41. The van der Waals surface area contributed by atoms with Gasteiger partial charge in [0, 0.05) is 24.2 Å². The summed E-state index contributed by atoms with van der Waals surface area (Å²) in [6, 6.07) is 24.2. The van der Waals surface area contributed by atoms with Crippen LogP contribution in [0.3, 0.4) is 0 Å². The van der Waals surface area contributed by atoms with Gasteiger partial charge in [-0.05, 0) is 35.9 Å². The lowest BCUT2D eigenvalue weighted by molar-refractivity contribution is 0.0726. The fraction of sp³-hybridized carbons (Fsp3) is 0.185. The summed E-state index contributed by atoms with van der Waals surface area (Å²) < 4.78 is 21.7. The van der Waals surface area contributed by atoms with Crippen molar-refractivity contribution in [2.75, 3.05) is 21.3 Å². The van der Waals surface area contributed by atoms with Crippen molar-refractivity contribution in [3.63, 3.8) is 0 Å². The van der Waals surface area contributed by atoms with Crippen molar-refractivity contribution in [2.24, 2.45) is 0 Å². The van der Waals surface area contributed by atoms with Crippen molar-refractivity contribution < 1.29 is 23.5 Å². The van der Waals surface area contributed by atoms with Crippen LogP contribution in [0.25, 0.3) is 11.3 Å². The molecule has 1 aromatic heterocycles. The Balaban J connectivity index is 1.62. The second-order valence-corrected chi connectivity index (χ2v) is 7.63. The number of carbonyl (C=O) groups is 1. The van der Waals surface area contributed by atoms with E-state index in [0.29, 0.717) is 40.8 Å². The van der Waals surface area contributed by atoms with Crippen LogP contribution in [-0.2, 0) is 13.1 Å². The van der Waals surface area contributed by atoms with Crippen LogP contribution in [0.15, 0.2) is 83.4 Å². The Hall–Kier alpha value is -4.26. The van der Waals surface area contributed by atoms with Gasteiger partial charge in [0.15, 0.2) is 5.76 Å². The van der Waals surface area contributed by atoms with Crippen molar-refractivity contribution in [2.45, 2.75) is 13.1 Å². The maximum atomic E-state index is 13.4. The van der Waals surface area contributed by atoms with E-state index >= 15 is 0 Å². The molecule has 1 heterocycles. The fourth-order valence-electron chi connectivity index (χ4n) is 3.65. The van der Waals surface area contributed by atoms with Gasteiger partial charge in [-0.2, -0.15) is 0 Å². The Morgan fingerprint density at radius 1 is 0.824 bits per heavy atom. The summed E-state index contributed by atoms with van der Waals surface area (Å²) in [4.78, 5) is 15.2. The van der Waals surface area contributed by atoms with Gasteiger partial charge in [0.2, 0.25) is 0 Å². The van der Waals surface area contributed by atoms with Gasteiger partial charge in [0.25, 0.3) is 5.91 Å². The Kier molecular flexibility index (Phi) is 7.13. The second-order valence-electron chi connectivity index (χ2n) is 7.63. The fourth-order valence-corrected chi connectivity index (χ4v) is 3.65. The molecule has 7 heteroatoms. The van der Waals surface area contributed by atoms with Gasteiger partial charge >= 0.3 is 0 Å². The maximum Gasteiger partial charge on any atom is 0.254 e. The molecule has 0 saturated carbocycles. The lowest BCUT2D eigenvalue weighted by Crippen LogP contribution is -2.30. The Labute approximate surface area is 198 Å². The third kappa shape index (κ3) is 5.20.